The first-order valence-electron chi connectivity index (χ1n) is 8.82. The molecule has 25 heavy (non-hydrogen) atoms. The second-order valence-electron chi connectivity index (χ2n) is 6.05. The minimum Gasteiger partial charge on any atom is -0.488 e. The fourth-order valence-electron chi connectivity index (χ4n) is 2.78. The zero-order chi connectivity index (χ0) is 18.4. The molecule has 0 unspecified atom stereocenters. The van der Waals surface area contributed by atoms with Crippen molar-refractivity contribution in [3.63, 3.8) is 0 Å². The summed E-state index contributed by atoms with van der Waals surface area (Å²) in [6, 6.07) is 10.1. The Hall–Kier alpha value is -1.81. The zero-order valence-electron chi connectivity index (χ0n) is 15.4. The molecule has 0 atom stereocenters. The highest BCUT2D eigenvalue weighted by Gasteiger charge is 2.12. The van der Waals surface area contributed by atoms with Gasteiger partial charge in [0.2, 0.25) is 5.91 Å². The summed E-state index contributed by atoms with van der Waals surface area (Å²) in [5, 5.41) is 2.95. The van der Waals surface area contributed by atoms with E-state index in [1.807, 2.05) is 25.1 Å². The van der Waals surface area contributed by atoms with Gasteiger partial charge in [-0.3, -0.25) is 4.79 Å². The molecule has 0 saturated heterocycles. The molecule has 0 aromatic heterocycles. The molecular weight excluding hydrogens is 378 g/mol. The highest BCUT2D eigenvalue weighted by Crippen LogP contribution is 2.29. The molecular formula is C21H26BrNO2. The predicted octanol–water partition coefficient (Wildman–Crippen LogP) is 5.81. The third kappa shape index (κ3) is 4.85. The van der Waals surface area contributed by atoms with Crippen LogP contribution >= 0.6 is 15.9 Å². The number of hydrogen-bond donors (Lipinski definition) is 1. The van der Waals surface area contributed by atoms with Crippen molar-refractivity contribution >= 4 is 27.5 Å². The SMILES string of the molecule is CCC(=O)Nc1cccc(Br)c1COc1cc(C)c(CC)cc1CC. The molecule has 0 aliphatic carbocycles. The molecule has 2 aromatic rings. The van der Waals surface area contributed by atoms with Gasteiger partial charge < -0.3 is 10.1 Å². The van der Waals surface area contributed by atoms with Gasteiger partial charge in [0.1, 0.15) is 12.4 Å². The Bertz CT molecular complexity index is 756. The van der Waals surface area contributed by atoms with E-state index in [1.165, 1.54) is 16.7 Å². The fourth-order valence-corrected chi connectivity index (χ4v) is 3.26. The molecule has 1 N–H and O–H groups in total. The Morgan fingerprint density at radius 1 is 1.12 bits per heavy atom. The number of aryl methyl sites for hydroxylation is 3. The largest absolute Gasteiger partial charge is 0.488 e. The van der Waals surface area contributed by atoms with E-state index in [2.05, 4.69) is 54.2 Å². The lowest BCUT2D eigenvalue weighted by molar-refractivity contribution is -0.115. The summed E-state index contributed by atoms with van der Waals surface area (Å²) in [6.07, 6.45) is 2.40. The first kappa shape index (κ1) is 19.5. The lowest BCUT2D eigenvalue weighted by Gasteiger charge is -2.17. The number of carbonyl (C=O) groups excluding carboxylic acids is 1. The normalized spacial score (nSPS) is 10.6. The van der Waals surface area contributed by atoms with Crippen LogP contribution in [-0.4, -0.2) is 5.91 Å². The quantitative estimate of drug-likeness (QED) is 0.633. The van der Waals surface area contributed by atoms with Crippen LogP contribution in [0.5, 0.6) is 5.75 Å². The monoisotopic (exact) mass is 403 g/mol. The molecule has 0 saturated carbocycles. The summed E-state index contributed by atoms with van der Waals surface area (Å²) >= 11 is 3.57. The highest BCUT2D eigenvalue weighted by atomic mass is 79.9. The Balaban J connectivity index is 2.27. The summed E-state index contributed by atoms with van der Waals surface area (Å²) < 4.78 is 7.08. The second kappa shape index (κ2) is 9.04. The molecule has 2 aromatic carbocycles. The number of rotatable bonds is 7. The van der Waals surface area contributed by atoms with Gasteiger partial charge in [-0.1, -0.05) is 48.8 Å². The van der Waals surface area contributed by atoms with Crippen LogP contribution < -0.4 is 10.1 Å². The average molecular weight is 404 g/mol. The van der Waals surface area contributed by atoms with E-state index in [0.29, 0.717) is 13.0 Å². The maximum absolute atomic E-state index is 11.8. The fraction of sp³-hybridized carbons (Fsp3) is 0.381. The summed E-state index contributed by atoms with van der Waals surface area (Å²) in [6.45, 7) is 8.68. The van der Waals surface area contributed by atoms with Crippen molar-refractivity contribution in [2.24, 2.45) is 0 Å². The number of anilines is 1. The summed E-state index contributed by atoms with van der Waals surface area (Å²) in [4.78, 5) is 11.8. The maximum Gasteiger partial charge on any atom is 0.224 e. The van der Waals surface area contributed by atoms with Crippen LogP contribution in [0, 0.1) is 6.92 Å². The molecule has 0 bridgehead atoms. The molecule has 2 rings (SSSR count). The van der Waals surface area contributed by atoms with Crippen molar-refractivity contribution in [1.29, 1.82) is 0 Å². The van der Waals surface area contributed by atoms with Crippen molar-refractivity contribution < 1.29 is 9.53 Å². The Kier molecular flexibility index (Phi) is 7.06. The van der Waals surface area contributed by atoms with Gasteiger partial charge in [0, 0.05) is 22.1 Å². The lowest BCUT2D eigenvalue weighted by atomic mass is 10.0. The van der Waals surface area contributed by atoms with E-state index < -0.39 is 0 Å². The molecule has 134 valence electrons. The smallest absolute Gasteiger partial charge is 0.224 e. The second-order valence-corrected chi connectivity index (χ2v) is 6.90. The van der Waals surface area contributed by atoms with Crippen LogP contribution in [0.3, 0.4) is 0 Å². The number of carbonyl (C=O) groups is 1. The van der Waals surface area contributed by atoms with Gasteiger partial charge in [0.25, 0.3) is 0 Å². The van der Waals surface area contributed by atoms with Crippen LogP contribution in [0.4, 0.5) is 5.69 Å². The van der Waals surface area contributed by atoms with Crippen molar-refractivity contribution in [2.45, 2.75) is 53.6 Å². The van der Waals surface area contributed by atoms with Gasteiger partial charge in [-0.25, -0.2) is 0 Å². The van der Waals surface area contributed by atoms with E-state index in [9.17, 15) is 4.79 Å². The van der Waals surface area contributed by atoms with E-state index >= 15 is 0 Å². The minimum absolute atomic E-state index is 0.00302. The lowest BCUT2D eigenvalue weighted by Crippen LogP contribution is -2.12. The first-order valence-corrected chi connectivity index (χ1v) is 9.61. The van der Waals surface area contributed by atoms with Gasteiger partial charge in [0.15, 0.2) is 0 Å². The highest BCUT2D eigenvalue weighted by molar-refractivity contribution is 9.10. The van der Waals surface area contributed by atoms with Crippen LogP contribution in [0.1, 0.15) is 49.4 Å². The minimum atomic E-state index is -0.00302. The Morgan fingerprint density at radius 2 is 1.84 bits per heavy atom. The van der Waals surface area contributed by atoms with Crippen LogP contribution in [0.25, 0.3) is 0 Å². The molecule has 0 fully saturated rings. The molecule has 1 amide bonds. The predicted molar refractivity (Wildman–Crippen MR) is 107 cm³/mol. The standard InChI is InChI=1S/C21H26BrNO2/c1-5-15-12-16(6-2)20(11-14(15)4)25-13-17-18(22)9-8-10-19(17)23-21(24)7-3/h8-12H,5-7,13H2,1-4H3,(H,23,24). The number of ether oxygens (including phenoxy) is 1. The van der Waals surface area contributed by atoms with Crippen molar-refractivity contribution in [3.8, 4) is 5.75 Å². The number of halogens is 1. The molecule has 4 heteroatoms. The Labute approximate surface area is 158 Å². The van der Waals surface area contributed by atoms with E-state index in [0.717, 1.165) is 34.3 Å². The molecule has 0 aliphatic rings. The number of amides is 1. The van der Waals surface area contributed by atoms with Crippen LogP contribution in [-0.2, 0) is 24.2 Å². The third-order valence-corrected chi connectivity index (χ3v) is 5.11. The van der Waals surface area contributed by atoms with Gasteiger partial charge in [-0.15, -0.1) is 0 Å². The van der Waals surface area contributed by atoms with Crippen molar-refractivity contribution in [2.75, 3.05) is 5.32 Å². The first-order chi connectivity index (χ1) is 12.0. The molecule has 0 spiro atoms. The van der Waals surface area contributed by atoms with Crippen LogP contribution in [0.2, 0.25) is 0 Å². The number of nitrogens with one attached hydrogen (secondary N) is 1. The van der Waals surface area contributed by atoms with Gasteiger partial charge in [-0.05, 0) is 54.7 Å². The van der Waals surface area contributed by atoms with Gasteiger partial charge in [0.05, 0.1) is 0 Å². The third-order valence-electron chi connectivity index (χ3n) is 4.37. The number of hydrogen-bond acceptors (Lipinski definition) is 2. The summed E-state index contributed by atoms with van der Waals surface area (Å²) in [5.74, 6) is 0.914. The van der Waals surface area contributed by atoms with Crippen molar-refractivity contribution in [3.05, 3.63) is 57.1 Å². The van der Waals surface area contributed by atoms with Gasteiger partial charge >= 0.3 is 0 Å². The summed E-state index contributed by atoms with van der Waals surface area (Å²) in [5.41, 5.74) is 5.57. The number of benzene rings is 2. The topological polar surface area (TPSA) is 38.3 Å². The van der Waals surface area contributed by atoms with Crippen molar-refractivity contribution in [1.82, 2.24) is 0 Å². The van der Waals surface area contributed by atoms with E-state index in [4.69, 9.17) is 4.74 Å². The molecule has 0 heterocycles. The Morgan fingerprint density at radius 3 is 2.48 bits per heavy atom. The zero-order valence-corrected chi connectivity index (χ0v) is 17.0. The maximum atomic E-state index is 11.8. The van der Waals surface area contributed by atoms with E-state index in [1.54, 1.807) is 0 Å². The average Bonchev–Trinajstić information content (AvgIpc) is 2.61. The summed E-state index contributed by atoms with van der Waals surface area (Å²) in [7, 11) is 0. The van der Waals surface area contributed by atoms with Crippen LogP contribution in [0.15, 0.2) is 34.8 Å². The molecule has 0 radical (unpaired) electrons. The van der Waals surface area contributed by atoms with Gasteiger partial charge in [-0.2, -0.15) is 0 Å². The molecule has 0 aliphatic heterocycles. The van der Waals surface area contributed by atoms with E-state index in [-0.39, 0.29) is 5.91 Å². The molecule has 3 nitrogen and oxygen atoms in total.